The number of fused-ring (bicyclic) bond motifs is 1. The summed E-state index contributed by atoms with van der Waals surface area (Å²) in [4.78, 5) is 31.3. The summed E-state index contributed by atoms with van der Waals surface area (Å²) in [6.45, 7) is 11.5. The first-order chi connectivity index (χ1) is 13.1. The van der Waals surface area contributed by atoms with Gasteiger partial charge in [-0.25, -0.2) is 24.6 Å². The highest BCUT2D eigenvalue weighted by Crippen LogP contribution is 2.29. The van der Waals surface area contributed by atoms with Gasteiger partial charge < -0.3 is 9.30 Å². The summed E-state index contributed by atoms with van der Waals surface area (Å²) >= 11 is 5.94. The van der Waals surface area contributed by atoms with Gasteiger partial charge in [0.1, 0.15) is 28.6 Å². The number of carbonyl (C=O) groups is 1. The van der Waals surface area contributed by atoms with Crippen molar-refractivity contribution in [3.05, 3.63) is 35.6 Å². The Balaban J connectivity index is 2.17. The van der Waals surface area contributed by atoms with Gasteiger partial charge in [-0.3, -0.25) is 0 Å². The van der Waals surface area contributed by atoms with E-state index in [0.29, 0.717) is 5.82 Å². The zero-order chi connectivity index (χ0) is 20.6. The van der Waals surface area contributed by atoms with Crippen molar-refractivity contribution in [1.29, 1.82) is 0 Å². The number of halogens is 1. The average Bonchev–Trinajstić information content (AvgIpc) is 2.88. The van der Waals surface area contributed by atoms with Crippen LogP contribution in [-0.2, 0) is 4.74 Å². The molecule has 0 spiro atoms. The summed E-state index contributed by atoms with van der Waals surface area (Å²) in [5.74, 6) is 1.50. The molecule has 0 atom stereocenters. The number of ether oxygens (including phenoxy) is 1. The lowest BCUT2D eigenvalue weighted by atomic mass is 10.2. The quantitative estimate of drug-likeness (QED) is 0.583. The number of amides is 1. The summed E-state index contributed by atoms with van der Waals surface area (Å²) in [6.07, 6.45) is 2.50. The molecule has 0 saturated carbocycles. The Morgan fingerprint density at radius 1 is 1.21 bits per heavy atom. The molecule has 0 aliphatic rings. The number of nitrogens with zero attached hydrogens (tertiary/aromatic N) is 6. The lowest BCUT2D eigenvalue weighted by Crippen LogP contribution is -2.34. The fourth-order valence-corrected chi connectivity index (χ4v) is 3.09. The molecule has 8 nitrogen and oxygen atoms in total. The van der Waals surface area contributed by atoms with E-state index in [1.165, 1.54) is 11.1 Å². The van der Waals surface area contributed by atoms with Gasteiger partial charge in [-0.1, -0.05) is 0 Å². The minimum Gasteiger partial charge on any atom is -0.443 e. The molecule has 3 rings (SSSR count). The Morgan fingerprint density at radius 2 is 1.93 bits per heavy atom. The Morgan fingerprint density at radius 3 is 2.54 bits per heavy atom. The maximum atomic E-state index is 13.0. The summed E-state index contributed by atoms with van der Waals surface area (Å²) < 4.78 is 7.65. The number of aromatic nitrogens is 5. The molecule has 0 unspecified atom stereocenters. The minimum absolute atomic E-state index is 0.0233. The van der Waals surface area contributed by atoms with Crippen molar-refractivity contribution in [2.45, 2.75) is 53.2 Å². The van der Waals surface area contributed by atoms with Crippen molar-refractivity contribution in [2.75, 3.05) is 4.90 Å². The topological polar surface area (TPSA) is 86.0 Å². The van der Waals surface area contributed by atoms with Gasteiger partial charge in [0.2, 0.25) is 5.28 Å². The van der Waals surface area contributed by atoms with Crippen LogP contribution in [0.4, 0.5) is 16.4 Å². The first kappa shape index (κ1) is 20.0. The first-order valence-electron chi connectivity index (χ1n) is 8.93. The molecular weight excluding hydrogens is 380 g/mol. The standard InChI is InChI=1S/C19H23ClN6O2/c1-11(2)25-12(3)23-13-10-22-16(9-14(13)25)26(18(27)28-19(4,5)6)15-7-8-21-17(20)24-15/h7-11H,1-6H3. The van der Waals surface area contributed by atoms with Crippen LogP contribution in [0.5, 0.6) is 0 Å². The first-order valence-corrected chi connectivity index (χ1v) is 9.31. The molecule has 0 bridgehead atoms. The molecular formula is C19H23ClN6O2. The summed E-state index contributed by atoms with van der Waals surface area (Å²) in [5.41, 5.74) is 0.929. The number of aryl methyl sites for hydroxylation is 1. The zero-order valence-electron chi connectivity index (χ0n) is 16.8. The number of imidazole rings is 1. The van der Waals surface area contributed by atoms with Gasteiger partial charge in [0, 0.05) is 24.4 Å². The molecule has 3 heterocycles. The lowest BCUT2D eigenvalue weighted by Gasteiger charge is -2.26. The van der Waals surface area contributed by atoms with Gasteiger partial charge in [0.25, 0.3) is 0 Å². The minimum atomic E-state index is -0.688. The van der Waals surface area contributed by atoms with E-state index < -0.39 is 11.7 Å². The maximum absolute atomic E-state index is 13.0. The van der Waals surface area contributed by atoms with Gasteiger partial charge in [-0.2, -0.15) is 4.98 Å². The van der Waals surface area contributed by atoms with Crippen molar-refractivity contribution in [2.24, 2.45) is 0 Å². The Hall–Kier alpha value is -2.74. The molecule has 0 N–H and O–H groups in total. The van der Waals surface area contributed by atoms with Gasteiger partial charge in [0.15, 0.2) is 0 Å². The molecule has 28 heavy (non-hydrogen) atoms. The molecule has 0 aliphatic heterocycles. The van der Waals surface area contributed by atoms with Crippen LogP contribution in [0, 0.1) is 6.92 Å². The average molecular weight is 403 g/mol. The van der Waals surface area contributed by atoms with Crippen LogP contribution in [0.1, 0.15) is 46.5 Å². The normalized spacial score (nSPS) is 11.9. The van der Waals surface area contributed by atoms with Crippen molar-refractivity contribution < 1.29 is 9.53 Å². The SMILES string of the molecule is Cc1nc2cnc(N(C(=O)OC(C)(C)C)c3ccnc(Cl)n3)cc2n1C(C)C. The third-order valence-electron chi connectivity index (χ3n) is 3.90. The predicted molar refractivity (Wildman–Crippen MR) is 108 cm³/mol. The third kappa shape index (κ3) is 4.06. The van der Waals surface area contributed by atoms with Crippen molar-refractivity contribution in [3.63, 3.8) is 0 Å². The van der Waals surface area contributed by atoms with E-state index >= 15 is 0 Å². The number of hydrogen-bond donors (Lipinski definition) is 0. The molecule has 3 aromatic heterocycles. The van der Waals surface area contributed by atoms with E-state index in [1.54, 1.807) is 39.1 Å². The number of carbonyl (C=O) groups excluding carboxylic acids is 1. The second-order valence-corrected chi connectivity index (χ2v) is 7.99. The van der Waals surface area contributed by atoms with Crippen molar-refractivity contribution >= 4 is 40.4 Å². The highest BCUT2D eigenvalue weighted by Gasteiger charge is 2.28. The highest BCUT2D eigenvalue weighted by atomic mass is 35.5. The number of pyridine rings is 1. The third-order valence-corrected chi connectivity index (χ3v) is 4.08. The van der Waals surface area contributed by atoms with E-state index in [2.05, 4.69) is 38.4 Å². The number of rotatable bonds is 3. The summed E-state index contributed by atoms with van der Waals surface area (Å²) in [6, 6.07) is 3.57. The molecule has 1 amide bonds. The summed E-state index contributed by atoms with van der Waals surface area (Å²) in [7, 11) is 0. The lowest BCUT2D eigenvalue weighted by molar-refractivity contribution is 0.0597. The van der Waals surface area contributed by atoms with Gasteiger partial charge in [-0.15, -0.1) is 0 Å². The van der Waals surface area contributed by atoms with Gasteiger partial charge in [-0.05, 0) is 53.1 Å². The van der Waals surface area contributed by atoms with E-state index in [0.717, 1.165) is 16.9 Å². The van der Waals surface area contributed by atoms with Crippen LogP contribution < -0.4 is 4.90 Å². The second-order valence-electron chi connectivity index (χ2n) is 7.65. The molecule has 0 aromatic carbocycles. The highest BCUT2D eigenvalue weighted by molar-refractivity contribution is 6.28. The second kappa shape index (κ2) is 7.35. The Kier molecular flexibility index (Phi) is 5.25. The Bertz CT molecular complexity index is 1020. The molecule has 148 valence electrons. The van der Waals surface area contributed by atoms with E-state index in [1.807, 2.05) is 6.92 Å². The fraction of sp³-hybridized carbons (Fsp3) is 0.421. The van der Waals surface area contributed by atoms with Crippen LogP contribution in [0.2, 0.25) is 5.28 Å². The van der Waals surface area contributed by atoms with Crippen LogP contribution in [0.25, 0.3) is 11.0 Å². The van der Waals surface area contributed by atoms with Gasteiger partial charge >= 0.3 is 6.09 Å². The van der Waals surface area contributed by atoms with E-state index in [-0.39, 0.29) is 17.1 Å². The Labute approximate surface area is 168 Å². The van der Waals surface area contributed by atoms with Crippen LogP contribution in [-0.4, -0.2) is 36.2 Å². The van der Waals surface area contributed by atoms with E-state index in [4.69, 9.17) is 16.3 Å². The smallest absolute Gasteiger partial charge is 0.421 e. The monoisotopic (exact) mass is 402 g/mol. The number of anilines is 2. The molecule has 3 aromatic rings. The fourth-order valence-electron chi connectivity index (χ4n) is 2.95. The summed E-state index contributed by atoms with van der Waals surface area (Å²) in [5, 5.41) is 0.0233. The van der Waals surface area contributed by atoms with Gasteiger partial charge in [0.05, 0.1) is 11.7 Å². The van der Waals surface area contributed by atoms with Crippen molar-refractivity contribution in [1.82, 2.24) is 24.5 Å². The van der Waals surface area contributed by atoms with Crippen LogP contribution in [0.3, 0.4) is 0 Å². The molecule has 9 heteroatoms. The van der Waals surface area contributed by atoms with Crippen molar-refractivity contribution in [3.8, 4) is 0 Å². The molecule has 0 fully saturated rings. The van der Waals surface area contributed by atoms with Crippen LogP contribution in [0.15, 0.2) is 24.5 Å². The van der Waals surface area contributed by atoms with E-state index in [9.17, 15) is 4.79 Å². The predicted octanol–water partition coefficient (Wildman–Crippen LogP) is 4.84. The molecule has 0 radical (unpaired) electrons. The zero-order valence-corrected chi connectivity index (χ0v) is 17.5. The molecule has 0 saturated heterocycles. The van der Waals surface area contributed by atoms with Crippen LogP contribution >= 0.6 is 11.6 Å². The molecule has 0 aliphatic carbocycles. The maximum Gasteiger partial charge on any atom is 0.421 e. The largest absolute Gasteiger partial charge is 0.443 e. The number of hydrogen-bond acceptors (Lipinski definition) is 6.